The molecule has 0 aliphatic carbocycles. The van der Waals surface area contributed by atoms with Gasteiger partial charge in [-0.3, -0.25) is 0 Å². The summed E-state index contributed by atoms with van der Waals surface area (Å²) >= 11 is 0. The number of nitrogens with one attached hydrogen (secondary N) is 2. The van der Waals surface area contributed by atoms with Crippen molar-refractivity contribution in [3.8, 4) is 0 Å². The van der Waals surface area contributed by atoms with E-state index in [1.807, 2.05) is 13.8 Å². The normalized spacial score (nSPS) is 20.4. The van der Waals surface area contributed by atoms with Crippen molar-refractivity contribution in [1.29, 1.82) is 0 Å². The summed E-state index contributed by atoms with van der Waals surface area (Å²) in [7, 11) is -3.46. The predicted octanol–water partition coefficient (Wildman–Crippen LogP) is 1.12. The Hall–Kier alpha value is -0.920. The summed E-state index contributed by atoms with van der Waals surface area (Å²) in [5.41, 5.74) is 0. The number of likely N-dealkylation sites (N-methyl/N-ethyl adjacent to an activating group) is 1. The number of H-pyrrole nitrogens is 1. The highest BCUT2D eigenvalue weighted by Crippen LogP contribution is 2.16. The van der Waals surface area contributed by atoms with E-state index in [4.69, 9.17) is 0 Å². The minimum absolute atomic E-state index is 0.201. The van der Waals surface area contributed by atoms with E-state index < -0.39 is 10.0 Å². The average molecular weight is 300 g/mol. The van der Waals surface area contributed by atoms with Gasteiger partial charge in [0.1, 0.15) is 5.82 Å². The second-order valence-corrected chi connectivity index (χ2v) is 7.06. The zero-order valence-electron chi connectivity index (χ0n) is 12.2. The molecule has 1 fully saturated rings. The fourth-order valence-electron chi connectivity index (χ4n) is 2.52. The minimum Gasteiger partial charge on any atom is -0.332 e. The molecule has 0 spiro atoms. The molecule has 6 nitrogen and oxygen atoms in total. The number of nitrogens with zero attached hydrogens (tertiary/aromatic N) is 2. The number of piperidine rings is 1. The molecule has 0 aromatic carbocycles. The van der Waals surface area contributed by atoms with Gasteiger partial charge in [0, 0.05) is 25.6 Å². The van der Waals surface area contributed by atoms with Gasteiger partial charge in [-0.1, -0.05) is 20.3 Å². The average Bonchev–Trinajstić information content (AvgIpc) is 2.95. The summed E-state index contributed by atoms with van der Waals surface area (Å²) < 4.78 is 26.7. The van der Waals surface area contributed by atoms with Gasteiger partial charge in [-0.25, -0.2) is 13.4 Å². The third-order valence-corrected chi connectivity index (χ3v) is 5.60. The second kappa shape index (κ2) is 6.69. The van der Waals surface area contributed by atoms with Crippen molar-refractivity contribution >= 4 is 10.0 Å². The summed E-state index contributed by atoms with van der Waals surface area (Å²) in [4.78, 5) is 6.98. The maximum atomic E-state index is 12.6. The van der Waals surface area contributed by atoms with E-state index in [-0.39, 0.29) is 11.1 Å². The molecule has 0 bridgehead atoms. The lowest BCUT2D eigenvalue weighted by atomic mass is 10.1. The highest BCUT2D eigenvalue weighted by atomic mass is 32.2. The van der Waals surface area contributed by atoms with Gasteiger partial charge in [-0.2, -0.15) is 4.31 Å². The first-order valence-corrected chi connectivity index (χ1v) is 8.79. The van der Waals surface area contributed by atoms with E-state index in [9.17, 15) is 8.42 Å². The van der Waals surface area contributed by atoms with Gasteiger partial charge in [0.15, 0.2) is 5.03 Å². The summed E-state index contributed by atoms with van der Waals surface area (Å²) in [5, 5.41) is 3.59. The summed E-state index contributed by atoms with van der Waals surface area (Å²) in [6, 6.07) is 0.257. The van der Waals surface area contributed by atoms with Crippen LogP contribution in [0.2, 0.25) is 0 Å². The van der Waals surface area contributed by atoms with Crippen LogP contribution < -0.4 is 5.32 Å². The number of aryl methyl sites for hydroxylation is 1. The summed E-state index contributed by atoms with van der Waals surface area (Å²) in [5.74, 6) is 0.704. The molecular weight excluding hydrogens is 276 g/mol. The minimum atomic E-state index is -3.46. The number of hydrogen-bond donors (Lipinski definition) is 2. The van der Waals surface area contributed by atoms with Crippen molar-refractivity contribution in [3.05, 3.63) is 12.0 Å². The second-order valence-electron chi connectivity index (χ2n) is 5.15. The van der Waals surface area contributed by atoms with Crippen LogP contribution in [0.5, 0.6) is 0 Å². The lowest BCUT2D eigenvalue weighted by Gasteiger charge is -2.29. The number of aromatic amines is 1. The third kappa shape index (κ3) is 3.39. The molecule has 1 atom stereocenters. The molecular formula is C13H24N4O2S. The molecule has 0 radical (unpaired) electrons. The molecule has 2 heterocycles. The molecule has 114 valence electrons. The Kier molecular flexibility index (Phi) is 5.17. The van der Waals surface area contributed by atoms with Crippen LogP contribution in [0.3, 0.4) is 0 Å². The van der Waals surface area contributed by atoms with Gasteiger partial charge >= 0.3 is 0 Å². The molecule has 1 saturated heterocycles. The molecule has 1 aliphatic rings. The van der Waals surface area contributed by atoms with Crippen molar-refractivity contribution in [2.45, 2.75) is 50.6 Å². The Balaban J connectivity index is 2.11. The zero-order valence-corrected chi connectivity index (χ0v) is 13.0. The molecule has 0 amide bonds. The largest absolute Gasteiger partial charge is 0.332 e. The van der Waals surface area contributed by atoms with Crippen LogP contribution in [0, 0.1) is 0 Å². The zero-order chi connectivity index (χ0) is 14.6. The Labute approximate surface area is 121 Å². The van der Waals surface area contributed by atoms with E-state index >= 15 is 0 Å². The van der Waals surface area contributed by atoms with Crippen molar-refractivity contribution in [2.75, 3.05) is 19.6 Å². The van der Waals surface area contributed by atoms with Gasteiger partial charge in [0.05, 0.1) is 6.20 Å². The maximum Gasteiger partial charge on any atom is 0.260 e. The van der Waals surface area contributed by atoms with Crippen LogP contribution >= 0.6 is 0 Å². The molecule has 1 aromatic heterocycles. The van der Waals surface area contributed by atoms with Crippen LogP contribution in [-0.2, 0) is 16.4 Å². The van der Waals surface area contributed by atoms with Gasteiger partial charge in [0.2, 0.25) is 0 Å². The van der Waals surface area contributed by atoms with E-state index in [1.165, 1.54) is 23.3 Å². The lowest BCUT2D eigenvalue weighted by molar-refractivity contribution is 0.319. The van der Waals surface area contributed by atoms with E-state index in [2.05, 4.69) is 15.3 Å². The number of rotatable bonds is 6. The highest BCUT2D eigenvalue weighted by molar-refractivity contribution is 7.89. The summed E-state index contributed by atoms with van der Waals surface area (Å²) in [6.45, 7) is 5.79. The molecule has 1 aliphatic heterocycles. The first kappa shape index (κ1) is 15.5. The van der Waals surface area contributed by atoms with Crippen LogP contribution in [-0.4, -0.2) is 48.4 Å². The molecule has 20 heavy (non-hydrogen) atoms. The van der Waals surface area contributed by atoms with Crippen LogP contribution in [0.4, 0.5) is 0 Å². The van der Waals surface area contributed by atoms with E-state index in [1.54, 1.807) is 0 Å². The fourth-order valence-corrected chi connectivity index (χ4v) is 3.94. The predicted molar refractivity (Wildman–Crippen MR) is 78.0 cm³/mol. The van der Waals surface area contributed by atoms with Gasteiger partial charge in [0.25, 0.3) is 10.0 Å². The number of aromatic nitrogens is 2. The van der Waals surface area contributed by atoms with Crippen molar-refractivity contribution in [3.63, 3.8) is 0 Å². The lowest BCUT2D eigenvalue weighted by Crippen LogP contribution is -2.45. The van der Waals surface area contributed by atoms with Gasteiger partial charge in [-0.05, 0) is 19.4 Å². The molecule has 2 rings (SSSR count). The van der Waals surface area contributed by atoms with Crippen molar-refractivity contribution in [1.82, 2.24) is 19.6 Å². The quantitative estimate of drug-likeness (QED) is 0.825. The Morgan fingerprint density at radius 2 is 2.20 bits per heavy atom. The smallest absolute Gasteiger partial charge is 0.260 e. The standard InChI is InChI=1S/C13H24N4O2S/c1-3-12-15-9-13(16-12)20(18,19)17(4-2)10-11-7-5-6-8-14-11/h9,11,14H,3-8,10H2,1-2H3,(H,15,16). The van der Waals surface area contributed by atoms with Gasteiger partial charge < -0.3 is 10.3 Å². The first-order chi connectivity index (χ1) is 9.57. The Bertz CT molecular complexity index is 520. The van der Waals surface area contributed by atoms with Gasteiger partial charge in [-0.15, -0.1) is 0 Å². The number of imidazole rings is 1. The monoisotopic (exact) mass is 300 g/mol. The molecule has 2 N–H and O–H groups in total. The first-order valence-electron chi connectivity index (χ1n) is 7.35. The Morgan fingerprint density at radius 1 is 1.40 bits per heavy atom. The van der Waals surface area contributed by atoms with E-state index in [0.717, 1.165) is 13.0 Å². The third-order valence-electron chi connectivity index (χ3n) is 3.75. The maximum absolute atomic E-state index is 12.6. The van der Waals surface area contributed by atoms with Crippen LogP contribution in [0.25, 0.3) is 0 Å². The molecule has 7 heteroatoms. The van der Waals surface area contributed by atoms with Crippen LogP contribution in [0.15, 0.2) is 11.2 Å². The molecule has 1 unspecified atom stereocenters. The highest BCUT2D eigenvalue weighted by Gasteiger charge is 2.28. The molecule has 1 aromatic rings. The van der Waals surface area contributed by atoms with Crippen LogP contribution in [0.1, 0.15) is 38.9 Å². The van der Waals surface area contributed by atoms with E-state index in [0.29, 0.717) is 25.3 Å². The van der Waals surface area contributed by atoms with Crippen molar-refractivity contribution < 1.29 is 8.42 Å². The number of hydrogen-bond acceptors (Lipinski definition) is 4. The number of sulfonamides is 1. The SMILES string of the molecule is CCc1ncc(S(=O)(=O)N(CC)CC2CCCCN2)[nH]1. The topological polar surface area (TPSA) is 78.1 Å². The van der Waals surface area contributed by atoms with Crippen molar-refractivity contribution in [2.24, 2.45) is 0 Å². The Morgan fingerprint density at radius 3 is 2.75 bits per heavy atom. The summed E-state index contributed by atoms with van der Waals surface area (Å²) in [6.07, 6.45) is 5.50. The molecule has 0 saturated carbocycles. The fraction of sp³-hybridized carbons (Fsp3) is 0.769.